The Balaban J connectivity index is 1.79. The molecule has 4 heteroatoms. The van der Waals surface area contributed by atoms with Gasteiger partial charge in [-0.25, -0.2) is 4.98 Å². The van der Waals surface area contributed by atoms with Crippen molar-refractivity contribution in [3.63, 3.8) is 0 Å². The minimum atomic E-state index is -0.0270. The summed E-state index contributed by atoms with van der Waals surface area (Å²) in [6.45, 7) is 3.22. The molecule has 4 nitrogen and oxygen atoms in total. The summed E-state index contributed by atoms with van der Waals surface area (Å²) in [6.07, 6.45) is 3.72. The highest BCUT2D eigenvalue weighted by atomic mass is 16.5. The Morgan fingerprint density at radius 2 is 2.05 bits per heavy atom. The SMILES string of the molecule is Cc1nccn1CCOc1ccc2ccccc2c1CO. The zero-order valence-corrected chi connectivity index (χ0v) is 12.0. The fourth-order valence-electron chi connectivity index (χ4n) is 2.51. The maximum absolute atomic E-state index is 9.65. The molecule has 0 atom stereocenters. The van der Waals surface area contributed by atoms with E-state index in [-0.39, 0.29) is 6.61 Å². The Morgan fingerprint density at radius 1 is 1.19 bits per heavy atom. The summed E-state index contributed by atoms with van der Waals surface area (Å²) in [5.74, 6) is 1.72. The second-order valence-electron chi connectivity index (χ2n) is 4.94. The van der Waals surface area contributed by atoms with Gasteiger partial charge in [0.1, 0.15) is 18.2 Å². The highest BCUT2D eigenvalue weighted by Crippen LogP contribution is 2.28. The highest BCUT2D eigenvalue weighted by molar-refractivity contribution is 5.87. The predicted molar refractivity (Wildman–Crippen MR) is 82.3 cm³/mol. The van der Waals surface area contributed by atoms with Crippen LogP contribution in [0.3, 0.4) is 0 Å². The number of aliphatic hydroxyl groups is 1. The van der Waals surface area contributed by atoms with Crippen LogP contribution >= 0.6 is 0 Å². The van der Waals surface area contributed by atoms with Crippen LogP contribution in [0.2, 0.25) is 0 Å². The van der Waals surface area contributed by atoms with Crippen molar-refractivity contribution < 1.29 is 9.84 Å². The number of fused-ring (bicyclic) bond motifs is 1. The van der Waals surface area contributed by atoms with Crippen molar-refractivity contribution in [3.8, 4) is 5.75 Å². The first-order valence-corrected chi connectivity index (χ1v) is 7.01. The largest absolute Gasteiger partial charge is 0.491 e. The van der Waals surface area contributed by atoms with Crippen LogP contribution < -0.4 is 4.74 Å². The molecule has 3 rings (SSSR count). The molecule has 0 fully saturated rings. The van der Waals surface area contributed by atoms with Crippen molar-refractivity contribution in [1.82, 2.24) is 9.55 Å². The lowest BCUT2D eigenvalue weighted by Gasteiger charge is -2.13. The average Bonchev–Trinajstić information content (AvgIpc) is 2.92. The molecule has 1 N–H and O–H groups in total. The van der Waals surface area contributed by atoms with Crippen molar-refractivity contribution in [1.29, 1.82) is 0 Å². The van der Waals surface area contributed by atoms with Gasteiger partial charge in [-0.15, -0.1) is 0 Å². The average molecular weight is 282 g/mol. The molecule has 3 aromatic rings. The Kier molecular flexibility index (Phi) is 3.88. The molecule has 0 amide bonds. The molecule has 0 bridgehead atoms. The van der Waals surface area contributed by atoms with Crippen molar-refractivity contribution in [2.24, 2.45) is 0 Å². The van der Waals surface area contributed by atoms with E-state index in [0.29, 0.717) is 6.61 Å². The molecule has 1 heterocycles. The third-order valence-electron chi connectivity index (χ3n) is 3.67. The Morgan fingerprint density at radius 3 is 2.81 bits per heavy atom. The molecule has 1 aromatic heterocycles. The van der Waals surface area contributed by atoms with Gasteiger partial charge in [0.15, 0.2) is 0 Å². The Labute approximate surface area is 123 Å². The van der Waals surface area contributed by atoms with E-state index in [9.17, 15) is 5.11 Å². The number of imidazole rings is 1. The minimum Gasteiger partial charge on any atom is -0.491 e. The molecule has 0 aliphatic rings. The smallest absolute Gasteiger partial charge is 0.125 e. The second kappa shape index (κ2) is 5.97. The van der Waals surface area contributed by atoms with Crippen molar-refractivity contribution in [3.05, 3.63) is 60.2 Å². The van der Waals surface area contributed by atoms with E-state index in [0.717, 1.165) is 34.5 Å². The lowest BCUT2D eigenvalue weighted by Crippen LogP contribution is -2.09. The van der Waals surface area contributed by atoms with Gasteiger partial charge in [0, 0.05) is 18.0 Å². The number of rotatable bonds is 5. The molecule has 2 aromatic carbocycles. The van der Waals surface area contributed by atoms with Crippen molar-refractivity contribution in [2.75, 3.05) is 6.61 Å². The summed E-state index contributed by atoms with van der Waals surface area (Å²) in [6, 6.07) is 12.0. The number of hydrogen-bond donors (Lipinski definition) is 1. The van der Waals surface area contributed by atoms with Gasteiger partial charge in [-0.3, -0.25) is 0 Å². The lowest BCUT2D eigenvalue weighted by atomic mass is 10.0. The summed E-state index contributed by atoms with van der Waals surface area (Å²) < 4.78 is 7.90. The molecule has 0 aliphatic carbocycles. The van der Waals surface area contributed by atoms with E-state index < -0.39 is 0 Å². The maximum Gasteiger partial charge on any atom is 0.125 e. The maximum atomic E-state index is 9.65. The van der Waals surface area contributed by atoms with E-state index in [1.54, 1.807) is 6.20 Å². The van der Waals surface area contributed by atoms with Crippen LogP contribution in [-0.2, 0) is 13.2 Å². The van der Waals surface area contributed by atoms with Crippen molar-refractivity contribution in [2.45, 2.75) is 20.1 Å². The van der Waals surface area contributed by atoms with Gasteiger partial charge in [-0.2, -0.15) is 0 Å². The zero-order valence-electron chi connectivity index (χ0n) is 12.0. The van der Waals surface area contributed by atoms with E-state index in [1.165, 1.54) is 0 Å². The number of ether oxygens (including phenoxy) is 1. The normalized spacial score (nSPS) is 11.0. The van der Waals surface area contributed by atoms with Gasteiger partial charge in [-0.05, 0) is 23.8 Å². The summed E-state index contributed by atoms with van der Waals surface area (Å²) in [5, 5.41) is 11.8. The summed E-state index contributed by atoms with van der Waals surface area (Å²) >= 11 is 0. The second-order valence-corrected chi connectivity index (χ2v) is 4.94. The van der Waals surface area contributed by atoms with E-state index >= 15 is 0 Å². The highest BCUT2D eigenvalue weighted by Gasteiger charge is 2.08. The fourth-order valence-corrected chi connectivity index (χ4v) is 2.51. The number of hydrogen-bond acceptors (Lipinski definition) is 3. The Bertz CT molecular complexity index is 749. The first-order chi connectivity index (χ1) is 10.3. The number of aliphatic hydroxyl groups excluding tert-OH is 1. The molecular weight excluding hydrogens is 264 g/mol. The monoisotopic (exact) mass is 282 g/mol. The zero-order chi connectivity index (χ0) is 14.7. The quantitative estimate of drug-likeness (QED) is 0.782. The summed E-state index contributed by atoms with van der Waals surface area (Å²) in [7, 11) is 0. The molecule has 21 heavy (non-hydrogen) atoms. The third kappa shape index (κ3) is 2.76. The third-order valence-corrected chi connectivity index (χ3v) is 3.67. The molecule has 0 saturated carbocycles. The number of nitrogens with zero attached hydrogens (tertiary/aromatic N) is 2. The minimum absolute atomic E-state index is 0.0270. The number of aryl methyl sites for hydroxylation is 1. The van der Waals surface area contributed by atoms with Crippen LogP contribution in [0, 0.1) is 6.92 Å². The lowest BCUT2D eigenvalue weighted by molar-refractivity contribution is 0.259. The molecule has 108 valence electrons. The summed E-state index contributed by atoms with van der Waals surface area (Å²) in [5.41, 5.74) is 0.843. The van der Waals surface area contributed by atoms with Gasteiger partial charge in [-0.1, -0.05) is 30.3 Å². The molecule has 0 spiro atoms. The number of benzene rings is 2. The molecule has 0 saturated heterocycles. The topological polar surface area (TPSA) is 47.3 Å². The molecule has 0 unspecified atom stereocenters. The van der Waals surface area contributed by atoms with Crippen LogP contribution in [0.15, 0.2) is 48.8 Å². The van der Waals surface area contributed by atoms with Crippen molar-refractivity contribution >= 4 is 10.8 Å². The van der Waals surface area contributed by atoms with Crippen LogP contribution in [0.5, 0.6) is 5.75 Å². The van der Waals surface area contributed by atoms with Crippen LogP contribution in [0.4, 0.5) is 0 Å². The van der Waals surface area contributed by atoms with E-state index in [4.69, 9.17) is 4.74 Å². The fraction of sp³-hybridized carbons (Fsp3) is 0.235. The van der Waals surface area contributed by atoms with Gasteiger partial charge in [0.25, 0.3) is 0 Å². The Hall–Kier alpha value is -2.33. The van der Waals surface area contributed by atoms with Gasteiger partial charge >= 0.3 is 0 Å². The van der Waals surface area contributed by atoms with Crippen LogP contribution in [0.1, 0.15) is 11.4 Å². The standard InChI is InChI=1S/C17H18N2O2/c1-13-18-8-9-19(13)10-11-21-17-7-6-14-4-2-3-5-15(14)16(17)12-20/h2-9,20H,10-12H2,1H3. The van der Waals surface area contributed by atoms with Crippen LogP contribution in [0.25, 0.3) is 10.8 Å². The van der Waals surface area contributed by atoms with Gasteiger partial charge in [0.2, 0.25) is 0 Å². The van der Waals surface area contributed by atoms with Crippen LogP contribution in [-0.4, -0.2) is 21.3 Å². The molecule has 0 aliphatic heterocycles. The first kappa shape index (κ1) is 13.6. The molecule has 0 radical (unpaired) electrons. The summed E-state index contributed by atoms with van der Waals surface area (Å²) in [4.78, 5) is 4.18. The van der Waals surface area contributed by atoms with E-state index in [2.05, 4.69) is 4.98 Å². The van der Waals surface area contributed by atoms with E-state index in [1.807, 2.05) is 54.1 Å². The van der Waals surface area contributed by atoms with Gasteiger partial charge < -0.3 is 14.4 Å². The number of aromatic nitrogens is 2. The predicted octanol–water partition coefficient (Wildman–Crippen LogP) is 2.92. The molecular formula is C17H18N2O2. The first-order valence-electron chi connectivity index (χ1n) is 7.01. The van der Waals surface area contributed by atoms with Gasteiger partial charge in [0.05, 0.1) is 13.2 Å².